The number of nitrogens with zero attached hydrogens (tertiary/aromatic N) is 2. The second-order valence-electron chi connectivity index (χ2n) is 5.86. The molecule has 0 radical (unpaired) electrons. The van der Waals surface area contributed by atoms with Crippen molar-refractivity contribution in [1.82, 2.24) is 14.8 Å². The van der Waals surface area contributed by atoms with Crippen molar-refractivity contribution in [2.75, 3.05) is 26.3 Å². The van der Waals surface area contributed by atoms with Crippen molar-refractivity contribution >= 4 is 11.8 Å². The summed E-state index contributed by atoms with van der Waals surface area (Å²) < 4.78 is 43.2. The molecule has 1 fully saturated rings. The van der Waals surface area contributed by atoms with Crippen molar-refractivity contribution in [1.29, 1.82) is 0 Å². The maximum Gasteiger partial charge on any atom is 0.405 e. The topological polar surface area (TPSA) is 80.6 Å². The molecule has 0 saturated carbocycles. The summed E-state index contributed by atoms with van der Waals surface area (Å²) in [7, 11) is 0. The maximum atomic E-state index is 12.7. The number of halogens is 3. The molecule has 7 nitrogen and oxygen atoms in total. The summed E-state index contributed by atoms with van der Waals surface area (Å²) in [5, 5.41) is 1.78. The quantitative estimate of drug-likeness (QED) is 0.825. The largest absolute Gasteiger partial charge is 0.405 e. The van der Waals surface area contributed by atoms with E-state index in [0.717, 1.165) is 0 Å². The SMILES string of the molecule is CCn1ccc(C(=O)N2CCOC[C@@H]2CC(=O)NCC(F)(F)F)cc1=O. The van der Waals surface area contributed by atoms with E-state index in [1.165, 1.54) is 27.8 Å². The van der Waals surface area contributed by atoms with Crippen molar-refractivity contribution in [2.45, 2.75) is 32.1 Å². The minimum Gasteiger partial charge on any atom is -0.377 e. The van der Waals surface area contributed by atoms with Crippen LogP contribution in [-0.2, 0) is 16.1 Å². The molecule has 1 N–H and O–H groups in total. The summed E-state index contributed by atoms with van der Waals surface area (Å²) in [6.07, 6.45) is -3.31. The van der Waals surface area contributed by atoms with Crippen LogP contribution in [-0.4, -0.2) is 59.8 Å². The molecule has 0 aliphatic carbocycles. The predicted molar refractivity (Wildman–Crippen MR) is 85.7 cm³/mol. The van der Waals surface area contributed by atoms with Crippen LogP contribution in [0.2, 0.25) is 0 Å². The Morgan fingerprint density at radius 3 is 2.73 bits per heavy atom. The summed E-state index contributed by atoms with van der Waals surface area (Å²) in [6, 6.07) is 2.02. The third-order valence-electron chi connectivity index (χ3n) is 3.98. The third kappa shape index (κ3) is 5.32. The lowest BCUT2D eigenvalue weighted by molar-refractivity contribution is -0.139. The van der Waals surface area contributed by atoms with Gasteiger partial charge < -0.3 is 19.5 Å². The predicted octanol–water partition coefficient (Wildman–Crippen LogP) is 0.778. The zero-order valence-electron chi connectivity index (χ0n) is 14.2. The normalized spacial score (nSPS) is 17.8. The molecule has 0 spiro atoms. The van der Waals surface area contributed by atoms with E-state index in [1.807, 2.05) is 0 Å². The summed E-state index contributed by atoms with van der Waals surface area (Å²) in [4.78, 5) is 37.7. The first-order valence-electron chi connectivity index (χ1n) is 8.14. The standard InChI is InChI=1S/C16H20F3N3O4/c1-2-21-4-3-11(7-14(21)24)15(25)22-5-6-26-9-12(22)8-13(23)20-10-16(17,18)19/h3-4,7,12H,2,5-6,8-10H2,1H3,(H,20,23)/t12-/m0/s1. The summed E-state index contributed by atoms with van der Waals surface area (Å²) >= 11 is 0. The van der Waals surface area contributed by atoms with Crippen molar-refractivity contribution in [3.05, 3.63) is 34.2 Å². The average molecular weight is 375 g/mol. The van der Waals surface area contributed by atoms with Crippen LogP contribution in [0.4, 0.5) is 13.2 Å². The molecule has 1 atom stereocenters. The van der Waals surface area contributed by atoms with Crippen molar-refractivity contribution < 1.29 is 27.5 Å². The summed E-state index contributed by atoms with van der Waals surface area (Å²) in [5.74, 6) is -1.28. The molecule has 2 rings (SSSR count). The van der Waals surface area contributed by atoms with Crippen LogP contribution in [0.1, 0.15) is 23.7 Å². The number of hydrogen-bond acceptors (Lipinski definition) is 4. The number of alkyl halides is 3. The van der Waals surface area contributed by atoms with Gasteiger partial charge in [-0.3, -0.25) is 14.4 Å². The molecule has 26 heavy (non-hydrogen) atoms. The molecule has 0 bridgehead atoms. The van der Waals surface area contributed by atoms with Crippen molar-refractivity contribution in [3.8, 4) is 0 Å². The van der Waals surface area contributed by atoms with Gasteiger partial charge in [-0.1, -0.05) is 0 Å². The number of aromatic nitrogens is 1. The van der Waals surface area contributed by atoms with Gasteiger partial charge in [0.15, 0.2) is 0 Å². The van der Waals surface area contributed by atoms with Gasteiger partial charge in [-0.25, -0.2) is 0 Å². The molecule has 1 aliphatic heterocycles. The zero-order valence-corrected chi connectivity index (χ0v) is 14.2. The number of hydrogen-bond donors (Lipinski definition) is 1. The highest BCUT2D eigenvalue weighted by atomic mass is 19.4. The number of morpholine rings is 1. The first kappa shape index (κ1) is 20.0. The maximum absolute atomic E-state index is 12.7. The van der Waals surface area contributed by atoms with Gasteiger partial charge in [0, 0.05) is 37.3 Å². The second kappa shape index (κ2) is 8.35. The first-order chi connectivity index (χ1) is 12.2. The van der Waals surface area contributed by atoms with Crippen LogP contribution in [0, 0.1) is 0 Å². The van der Waals surface area contributed by atoms with Crippen LogP contribution in [0.5, 0.6) is 0 Å². The Kier molecular flexibility index (Phi) is 6.41. The van der Waals surface area contributed by atoms with E-state index in [4.69, 9.17) is 4.74 Å². The summed E-state index contributed by atoms with van der Waals surface area (Å²) in [5.41, 5.74) is -0.159. The van der Waals surface area contributed by atoms with Gasteiger partial charge in [0.2, 0.25) is 5.91 Å². The minimum atomic E-state index is -4.50. The number of carbonyl (C=O) groups excluding carboxylic acids is 2. The van der Waals surface area contributed by atoms with Crippen LogP contribution < -0.4 is 10.9 Å². The fourth-order valence-electron chi connectivity index (χ4n) is 2.64. The highest BCUT2D eigenvalue weighted by molar-refractivity contribution is 5.94. The lowest BCUT2D eigenvalue weighted by Crippen LogP contribution is -2.51. The molecule has 2 amide bonds. The molecule has 1 aromatic rings. The van der Waals surface area contributed by atoms with Gasteiger partial charge in [-0.05, 0) is 13.0 Å². The fraction of sp³-hybridized carbons (Fsp3) is 0.562. The molecule has 1 aliphatic rings. The van der Waals surface area contributed by atoms with Crippen LogP contribution in [0.25, 0.3) is 0 Å². The van der Waals surface area contributed by atoms with E-state index in [1.54, 1.807) is 12.2 Å². The van der Waals surface area contributed by atoms with E-state index in [-0.39, 0.29) is 37.3 Å². The molecule has 1 saturated heterocycles. The van der Waals surface area contributed by atoms with Gasteiger partial charge in [0.1, 0.15) is 6.54 Å². The zero-order chi connectivity index (χ0) is 19.3. The van der Waals surface area contributed by atoms with Crippen molar-refractivity contribution in [2.24, 2.45) is 0 Å². The van der Waals surface area contributed by atoms with Crippen LogP contribution in [0.15, 0.2) is 23.1 Å². The lowest BCUT2D eigenvalue weighted by atomic mass is 10.1. The highest BCUT2D eigenvalue weighted by Gasteiger charge is 2.32. The Morgan fingerprint density at radius 1 is 1.38 bits per heavy atom. The van der Waals surface area contributed by atoms with Gasteiger partial charge in [-0.15, -0.1) is 0 Å². The fourth-order valence-corrected chi connectivity index (χ4v) is 2.64. The molecule has 1 aromatic heterocycles. The van der Waals surface area contributed by atoms with Gasteiger partial charge in [-0.2, -0.15) is 13.2 Å². The monoisotopic (exact) mass is 375 g/mol. The van der Waals surface area contributed by atoms with Gasteiger partial charge >= 0.3 is 6.18 Å². The number of rotatable bonds is 5. The third-order valence-corrected chi connectivity index (χ3v) is 3.98. The Balaban J connectivity index is 2.07. The van der Waals surface area contributed by atoms with E-state index < -0.39 is 30.6 Å². The number of nitrogens with one attached hydrogen (secondary N) is 1. The molecule has 0 unspecified atom stereocenters. The van der Waals surface area contributed by atoms with Crippen molar-refractivity contribution in [3.63, 3.8) is 0 Å². The number of ether oxygens (including phenoxy) is 1. The Hall–Kier alpha value is -2.36. The van der Waals surface area contributed by atoms with Gasteiger partial charge in [0.05, 0.1) is 19.3 Å². The van der Waals surface area contributed by atoms with Crippen LogP contribution >= 0.6 is 0 Å². The number of carbonyl (C=O) groups is 2. The van der Waals surface area contributed by atoms with E-state index in [0.29, 0.717) is 6.54 Å². The number of pyridine rings is 1. The molecule has 2 heterocycles. The van der Waals surface area contributed by atoms with E-state index in [9.17, 15) is 27.6 Å². The smallest absolute Gasteiger partial charge is 0.377 e. The lowest BCUT2D eigenvalue weighted by Gasteiger charge is -2.35. The van der Waals surface area contributed by atoms with E-state index in [2.05, 4.69) is 0 Å². The minimum absolute atomic E-state index is 0.0389. The Morgan fingerprint density at radius 2 is 2.12 bits per heavy atom. The second-order valence-corrected chi connectivity index (χ2v) is 5.86. The molecular weight excluding hydrogens is 355 g/mol. The Labute approximate surface area is 147 Å². The first-order valence-corrected chi connectivity index (χ1v) is 8.14. The van der Waals surface area contributed by atoms with Crippen LogP contribution in [0.3, 0.4) is 0 Å². The highest BCUT2D eigenvalue weighted by Crippen LogP contribution is 2.16. The van der Waals surface area contributed by atoms with Gasteiger partial charge in [0.25, 0.3) is 11.5 Å². The molecule has 0 aromatic carbocycles. The number of amides is 2. The summed E-state index contributed by atoms with van der Waals surface area (Å²) in [6.45, 7) is 1.30. The Bertz CT molecular complexity index is 717. The average Bonchev–Trinajstić information content (AvgIpc) is 2.59. The van der Waals surface area contributed by atoms with E-state index >= 15 is 0 Å². The molecule has 144 valence electrons. The molecular formula is C16H20F3N3O4. The number of aryl methyl sites for hydroxylation is 1. The molecule has 10 heteroatoms.